The number of methoxy groups -OCH3 is 1. The van der Waals surface area contributed by atoms with E-state index in [9.17, 15) is 0 Å². The highest BCUT2D eigenvalue weighted by Crippen LogP contribution is 2.27. The number of hydrogen-bond donors (Lipinski definition) is 0. The predicted molar refractivity (Wildman–Crippen MR) is 109 cm³/mol. The number of rotatable bonds is 6. The fraction of sp³-hybridized carbons (Fsp3) is 0.174. The monoisotopic (exact) mass is 374 g/mol. The van der Waals surface area contributed by atoms with Gasteiger partial charge in [-0.2, -0.15) is 0 Å². The van der Waals surface area contributed by atoms with Crippen molar-refractivity contribution in [1.82, 2.24) is 9.55 Å². The predicted octanol–water partition coefficient (Wildman–Crippen LogP) is 5.26. The molecule has 5 nitrogen and oxygen atoms in total. The van der Waals surface area contributed by atoms with Gasteiger partial charge in [0.05, 0.1) is 18.1 Å². The van der Waals surface area contributed by atoms with Crippen LogP contribution in [0.4, 0.5) is 0 Å². The van der Waals surface area contributed by atoms with Crippen LogP contribution in [0, 0.1) is 6.92 Å². The zero-order valence-electron chi connectivity index (χ0n) is 16.2. The summed E-state index contributed by atoms with van der Waals surface area (Å²) in [6.07, 6.45) is 0. The summed E-state index contributed by atoms with van der Waals surface area (Å²) in [6, 6.07) is 21.4. The molecular formula is C23H22N2O3. The van der Waals surface area contributed by atoms with Gasteiger partial charge in [0.15, 0.2) is 0 Å². The lowest BCUT2D eigenvalue weighted by Gasteiger charge is -2.08. The van der Waals surface area contributed by atoms with Gasteiger partial charge < -0.3 is 18.8 Å². The van der Waals surface area contributed by atoms with Gasteiger partial charge in [-0.1, -0.05) is 17.7 Å². The maximum atomic E-state index is 5.96. The van der Waals surface area contributed by atoms with Gasteiger partial charge >= 0.3 is 0 Å². The molecule has 4 aromatic rings. The minimum absolute atomic E-state index is 0.406. The van der Waals surface area contributed by atoms with Gasteiger partial charge in [0.2, 0.25) is 0 Å². The van der Waals surface area contributed by atoms with E-state index in [1.54, 1.807) is 7.11 Å². The molecule has 1 aromatic heterocycles. The first-order chi connectivity index (χ1) is 13.6. The van der Waals surface area contributed by atoms with Crippen molar-refractivity contribution < 1.29 is 14.2 Å². The average molecular weight is 374 g/mol. The number of fused-ring (bicyclic) bond motifs is 1. The van der Waals surface area contributed by atoms with Crippen LogP contribution in [-0.2, 0) is 13.7 Å². The number of benzene rings is 3. The Morgan fingerprint density at radius 1 is 0.821 bits per heavy atom. The second kappa shape index (κ2) is 7.64. The Balaban J connectivity index is 1.52. The van der Waals surface area contributed by atoms with Crippen molar-refractivity contribution in [3.8, 4) is 23.0 Å². The quantitative estimate of drug-likeness (QED) is 0.462. The zero-order chi connectivity index (χ0) is 19.5. The van der Waals surface area contributed by atoms with E-state index in [2.05, 4.69) is 11.9 Å². The molecule has 0 unspecified atom stereocenters. The van der Waals surface area contributed by atoms with E-state index < -0.39 is 0 Å². The Hall–Kier alpha value is -3.47. The third-order valence-corrected chi connectivity index (χ3v) is 4.63. The Morgan fingerprint density at radius 2 is 1.46 bits per heavy atom. The van der Waals surface area contributed by atoms with E-state index in [0.29, 0.717) is 6.61 Å². The van der Waals surface area contributed by atoms with Gasteiger partial charge in [-0.3, -0.25) is 0 Å². The van der Waals surface area contributed by atoms with Crippen molar-refractivity contribution in [2.24, 2.45) is 7.05 Å². The van der Waals surface area contributed by atoms with Crippen molar-refractivity contribution in [2.45, 2.75) is 13.5 Å². The largest absolute Gasteiger partial charge is 0.497 e. The Kier molecular flexibility index (Phi) is 4.89. The number of aryl methyl sites for hydroxylation is 2. The Morgan fingerprint density at radius 3 is 2.18 bits per heavy atom. The van der Waals surface area contributed by atoms with Gasteiger partial charge in [-0.25, -0.2) is 4.98 Å². The lowest BCUT2D eigenvalue weighted by Crippen LogP contribution is -2.03. The molecule has 0 aliphatic carbocycles. The molecule has 0 fully saturated rings. The fourth-order valence-electron chi connectivity index (χ4n) is 2.97. The summed E-state index contributed by atoms with van der Waals surface area (Å²) in [4.78, 5) is 4.68. The first-order valence-corrected chi connectivity index (χ1v) is 9.09. The smallest absolute Gasteiger partial charge is 0.147 e. The summed E-state index contributed by atoms with van der Waals surface area (Å²) in [5.74, 6) is 4.00. The Bertz CT molecular complexity index is 1080. The normalized spacial score (nSPS) is 10.8. The third-order valence-electron chi connectivity index (χ3n) is 4.63. The molecule has 1 heterocycles. The minimum Gasteiger partial charge on any atom is -0.497 e. The molecule has 5 heteroatoms. The molecule has 0 saturated carbocycles. The van der Waals surface area contributed by atoms with Crippen LogP contribution in [0.5, 0.6) is 23.0 Å². The zero-order valence-corrected chi connectivity index (χ0v) is 16.2. The van der Waals surface area contributed by atoms with Gasteiger partial charge in [0.1, 0.15) is 35.4 Å². The van der Waals surface area contributed by atoms with E-state index in [1.165, 1.54) is 5.56 Å². The van der Waals surface area contributed by atoms with Crippen LogP contribution in [0.1, 0.15) is 11.4 Å². The topological polar surface area (TPSA) is 45.5 Å². The molecule has 0 radical (unpaired) electrons. The molecule has 0 saturated heterocycles. The SMILES string of the molecule is COc1ccc(Oc2ccc3nc(COc4ccc(C)cc4)n(C)c3c2)cc1. The van der Waals surface area contributed by atoms with Gasteiger partial charge in [0.25, 0.3) is 0 Å². The van der Waals surface area contributed by atoms with Crippen molar-refractivity contribution >= 4 is 11.0 Å². The maximum absolute atomic E-state index is 5.96. The summed E-state index contributed by atoms with van der Waals surface area (Å²) in [5, 5.41) is 0. The van der Waals surface area contributed by atoms with Crippen LogP contribution in [0.3, 0.4) is 0 Å². The number of aromatic nitrogens is 2. The van der Waals surface area contributed by atoms with Crippen LogP contribution in [0.15, 0.2) is 66.7 Å². The minimum atomic E-state index is 0.406. The van der Waals surface area contributed by atoms with Gasteiger partial charge in [-0.15, -0.1) is 0 Å². The number of hydrogen-bond acceptors (Lipinski definition) is 4. The average Bonchev–Trinajstić information content (AvgIpc) is 3.03. The molecule has 3 aromatic carbocycles. The molecule has 0 aliphatic heterocycles. The second-order valence-corrected chi connectivity index (χ2v) is 6.62. The summed E-state index contributed by atoms with van der Waals surface area (Å²) in [5.41, 5.74) is 3.11. The van der Waals surface area contributed by atoms with E-state index in [-0.39, 0.29) is 0 Å². The molecule has 0 aliphatic rings. The highest BCUT2D eigenvalue weighted by molar-refractivity contribution is 5.77. The first-order valence-electron chi connectivity index (χ1n) is 9.09. The number of nitrogens with zero attached hydrogens (tertiary/aromatic N) is 2. The van der Waals surface area contributed by atoms with E-state index >= 15 is 0 Å². The summed E-state index contributed by atoms with van der Waals surface area (Å²) >= 11 is 0. The molecule has 4 rings (SSSR count). The molecule has 28 heavy (non-hydrogen) atoms. The van der Waals surface area contributed by atoms with E-state index in [0.717, 1.165) is 39.9 Å². The number of imidazole rings is 1. The number of ether oxygens (including phenoxy) is 3. The highest BCUT2D eigenvalue weighted by Gasteiger charge is 2.10. The van der Waals surface area contributed by atoms with Crippen molar-refractivity contribution in [3.63, 3.8) is 0 Å². The van der Waals surface area contributed by atoms with Crippen molar-refractivity contribution in [3.05, 3.63) is 78.1 Å². The highest BCUT2D eigenvalue weighted by atomic mass is 16.5. The van der Waals surface area contributed by atoms with E-state index in [1.807, 2.05) is 78.3 Å². The van der Waals surface area contributed by atoms with Crippen molar-refractivity contribution in [2.75, 3.05) is 7.11 Å². The van der Waals surface area contributed by atoms with Crippen LogP contribution in [-0.4, -0.2) is 16.7 Å². The molecule has 0 bridgehead atoms. The van der Waals surface area contributed by atoms with Crippen LogP contribution >= 0.6 is 0 Å². The van der Waals surface area contributed by atoms with Crippen LogP contribution < -0.4 is 14.2 Å². The Labute approximate surface area is 164 Å². The second-order valence-electron chi connectivity index (χ2n) is 6.62. The lowest BCUT2D eigenvalue weighted by atomic mass is 10.2. The molecule has 0 atom stereocenters. The molecule has 0 amide bonds. The van der Waals surface area contributed by atoms with Crippen LogP contribution in [0.25, 0.3) is 11.0 Å². The fourth-order valence-corrected chi connectivity index (χ4v) is 2.97. The summed E-state index contributed by atoms with van der Waals surface area (Å²) in [6.45, 7) is 2.46. The summed E-state index contributed by atoms with van der Waals surface area (Å²) < 4.78 is 19.1. The summed E-state index contributed by atoms with van der Waals surface area (Å²) in [7, 11) is 3.63. The molecule has 0 N–H and O–H groups in total. The molecule has 0 spiro atoms. The standard InChI is InChI=1S/C23H22N2O3/c1-16-4-6-18(7-5-16)27-15-23-24-21-13-12-20(14-22(21)25(23)2)28-19-10-8-17(26-3)9-11-19/h4-14H,15H2,1-3H3. The van der Waals surface area contributed by atoms with E-state index in [4.69, 9.17) is 14.2 Å². The van der Waals surface area contributed by atoms with Gasteiger partial charge in [-0.05, 0) is 55.5 Å². The van der Waals surface area contributed by atoms with Crippen LogP contribution in [0.2, 0.25) is 0 Å². The third kappa shape index (κ3) is 3.78. The van der Waals surface area contributed by atoms with Crippen molar-refractivity contribution in [1.29, 1.82) is 0 Å². The van der Waals surface area contributed by atoms with Gasteiger partial charge in [0, 0.05) is 13.1 Å². The first kappa shape index (κ1) is 17.9. The lowest BCUT2D eigenvalue weighted by molar-refractivity contribution is 0.292. The maximum Gasteiger partial charge on any atom is 0.147 e. The molecule has 142 valence electrons. The molecular weight excluding hydrogens is 352 g/mol.